The first kappa shape index (κ1) is 16.5. The van der Waals surface area contributed by atoms with Crippen molar-refractivity contribution in [1.29, 1.82) is 0 Å². The number of aromatic nitrogens is 1. The number of hydrogen-bond acceptors (Lipinski definition) is 4. The summed E-state index contributed by atoms with van der Waals surface area (Å²) in [7, 11) is 0. The zero-order chi connectivity index (χ0) is 16.1. The number of ether oxygens (including phenoxy) is 1. The summed E-state index contributed by atoms with van der Waals surface area (Å²) in [5, 5.41) is 10.0. The number of carboxylic acids is 1. The first-order chi connectivity index (χ1) is 10.5. The fourth-order valence-corrected chi connectivity index (χ4v) is 3.12. The van der Waals surface area contributed by atoms with Crippen molar-refractivity contribution in [2.45, 2.75) is 40.0 Å². The minimum atomic E-state index is -0.886. The van der Waals surface area contributed by atoms with E-state index in [-0.39, 0.29) is 0 Å². The summed E-state index contributed by atoms with van der Waals surface area (Å²) in [4.78, 5) is 16.0. The largest absolute Gasteiger partial charge is 0.493 e. The zero-order valence-corrected chi connectivity index (χ0v) is 14.0. The minimum absolute atomic E-state index is 0.364. The van der Waals surface area contributed by atoms with Crippen molar-refractivity contribution in [1.82, 2.24) is 4.98 Å². The lowest BCUT2D eigenvalue weighted by molar-refractivity contribution is 0.0700. The van der Waals surface area contributed by atoms with Gasteiger partial charge in [-0.15, -0.1) is 11.3 Å². The predicted molar refractivity (Wildman–Crippen MR) is 88.2 cm³/mol. The Labute approximate surface area is 134 Å². The van der Waals surface area contributed by atoms with Crippen LogP contribution >= 0.6 is 11.3 Å². The smallest absolute Gasteiger partial charge is 0.347 e. The number of carboxylic acid groups (broad SMARTS) is 1. The molecule has 1 aromatic heterocycles. The van der Waals surface area contributed by atoms with Crippen molar-refractivity contribution < 1.29 is 14.6 Å². The van der Waals surface area contributed by atoms with Crippen LogP contribution in [-0.4, -0.2) is 22.7 Å². The molecule has 0 aliphatic rings. The van der Waals surface area contributed by atoms with E-state index in [0.717, 1.165) is 28.3 Å². The molecule has 22 heavy (non-hydrogen) atoms. The van der Waals surface area contributed by atoms with Crippen molar-refractivity contribution in [2.24, 2.45) is 0 Å². The Bertz CT molecular complexity index is 664. The lowest BCUT2D eigenvalue weighted by Crippen LogP contribution is -2.02. The van der Waals surface area contributed by atoms with Gasteiger partial charge in [0, 0.05) is 6.42 Å². The summed E-state index contributed by atoms with van der Waals surface area (Å²) in [6.07, 6.45) is 2.22. The molecule has 1 heterocycles. The summed E-state index contributed by atoms with van der Waals surface area (Å²) in [5.74, 6) is -0.00792. The van der Waals surface area contributed by atoms with Crippen LogP contribution in [0, 0.1) is 13.8 Å². The highest BCUT2D eigenvalue weighted by Gasteiger charge is 2.16. The van der Waals surface area contributed by atoms with Gasteiger partial charge in [-0.1, -0.05) is 25.5 Å². The third-order valence-corrected chi connectivity index (χ3v) is 4.49. The van der Waals surface area contributed by atoms with Gasteiger partial charge in [-0.25, -0.2) is 9.78 Å². The molecule has 1 N–H and O–H groups in total. The first-order valence-corrected chi connectivity index (χ1v) is 8.24. The Kier molecular flexibility index (Phi) is 5.55. The van der Waals surface area contributed by atoms with E-state index in [2.05, 4.69) is 11.1 Å². The molecule has 118 valence electrons. The van der Waals surface area contributed by atoms with Crippen LogP contribution in [0.1, 0.15) is 44.8 Å². The van der Waals surface area contributed by atoms with Crippen LogP contribution in [0.4, 0.5) is 0 Å². The molecule has 0 radical (unpaired) electrons. The molecule has 0 unspecified atom stereocenters. The van der Waals surface area contributed by atoms with Gasteiger partial charge in [0.15, 0.2) is 0 Å². The number of aryl methyl sites for hydroxylation is 3. The van der Waals surface area contributed by atoms with Gasteiger partial charge in [0.2, 0.25) is 0 Å². The molecule has 0 saturated carbocycles. The molecular formula is C17H21NO3S. The molecule has 0 amide bonds. The molecule has 4 nitrogen and oxygen atoms in total. The van der Waals surface area contributed by atoms with Crippen LogP contribution in [0.25, 0.3) is 0 Å². The van der Waals surface area contributed by atoms with E-state index in [9.17, 15) is 9.90 Å². The number of nitrogens with zero attached hydrogens (tertiary/aromatic N) is 1. The molecule has 0 aliphatic heterocycles. The van der Waals surface area contributed by atoms with Gasteiger partial charge in [-0.05, 0) is 37.5 Å². The Morgan fingerprint density at radius 2 is 2.09 bits per heavy atom. The standard InChI is InChI=1S/C17H21NO3S/c1-4-5-13-16(17(19)20)22-15(18-13)8-9-21-14-10-11(2)6-7-12(14)3/h6-7,10H,4-5,8-9H2,1-3H3,(H,19,20). The van der Waals surface area contributed by atoms with Gasteiger partial charge in [0.1, 0.15) is 10.6 Å². The van der Waals surface area contributed by atoms with Gasteiger partial charge in [-0.3, -0.25) is 0 Å². The Hall–Kier alpha value is -1.88. The van der Waals surface area contributed by atoms with E-state index >= 15 is 0 Å². The van der Waals surface area contributed by atoms with Gasteiger partial charge in [0.05, 0.1) is 17.3 Å². The average Bonchev–Trinajstić information content (AvgIpc) is 2.86. The highest BCUT2D eigenvalue weighted by Crippen LogP contribution is 2.22. The quantitative estimate of drug-likeness (QED) is 0.837. The summed E-state index contributed by atoms with van der Waals surface area (Å²) >= 11 is 1.26. The van der Waals surface area contributed by atoms with Crippen molar-refractivity contribution >= 4 is 17.3 Å². The van der Waals surface area contributed by atoms with E-state index < -0.39 is 5.97 Å². The molecular weight excluding hydrogens is 298 g/mol. The Morgan fingerprint density at radius 1 is 1.32 bits per heavy atom. The minimum Gasteiger partial charge on any atom is -0.493 e. The summed E-state index contributed by atoms with van der Waals surface area (Å²) in [6.45, 7) is 6.57. The molecule has 0 atom stereocenters. The topological polar surface area (TPSA) is 59.4 Å². The molecule has 0 spiro atoms. The maximum absolute atomic E-state index is 11.2. The fourth-order valence-electron chi connectivity index (χ4n) is 2.19. The molecule has 0 saturated heterocycles. The van der Waals surface area contributed by atoms with Crippen LogP contribution < -0.4 is 4.74 Å². The average molecular weight is 319 g/mol. The van der Waals surface area contributed by atoms with E-state index in [4.69, 9.17) is 4.74 Å². The van der Waals surface area contributed by atoms with Crippen LogP contribution in [0.2, 0.25) is 0 Å². The van der Waals surface area contributed by atoms with Gasteiger partial charge < -0.3 is 9.84 Å². The molecule has 2 aromatic rings. The second-order valence-corrected chi connectivity index (χ2v) is 6.39. The number of aromatic carboxylic acids is 1. The highest BCUT2D eigenvalue weighted by atomic mass is 32.1. The SMILES string of the molecule is CCCc1nc(CCOc2cc(C)ccc2C)sc1C(=O)O. The normalized spacial score (nSPS) is 10.7. The lowest BCUT2D eigenvalue weighted by Gasteiger charge is -2.08. The molecule has 5 heteroatoms. The lowest BCUT2D eigenvalue weighted by atomic mass is 10.1. The van der Waals surface area contributed by atoms with Crippen LogP contribution in [0.3, 0.4) is 0 Å². The van der Waals surface area contributed by atoms with E-state index in [1.54, 1.807) is 0 Å². The van der Waals surface area contributed by atoms with Gasteiger partial charge in [0.25, 0.3) is 0 Å². The van der Waals surface area contributed by atoms with Crippen molar-refractivity contribution in [3.63, 3.8) is 0 Å². The second kappa shape index (κ2) is 7.40. The summed E-state index contributed by atoms with van der Waals surface area (Å²) in [6, 6.07) is 6.11. The number of benzene rings is 1. The summed E-state index contributed by atoms with van der Waals surface area (Å²) < 4.78 is 5.81. The molecule has 1 aromatic carbocycles. The van der Waals surface area contributed by atoms with Crippen molar-refractivity contribution in [3.8, 4) is 5.75 Å². The van der Waals surface area contributed by atoms with Gasteiger partial charge in [-0.2, -0.15) is 0 Å². The van der Waals surface area contributed by atoms with Crippen LogP contribution in [0.5, 0.6) is 5.75 Å². The summed E-state index contributed by atoms with van der Waals surface area (Å²) in [5.41, 5.74) is 2.96. The predicted octanol–water partition coefficient (Wildman–Crippen LogP) is 4.03. The Morgan fingerprint density at radius 3 is 2.77 bits per heavy atom. The number of thiazole rings is 1. The Balaban J connectivity index is 2.01. The van der Waals surface area contributed by atoms with E-state index in [1.807, 2.05) is 32.9 Å². The van der Waals surface area contributed by atoms with E-state index in [0.29, 0.717) is 30.0 Å². The zero-order valence-electron chi connectivity index (χ0n) is 13.2. The van der Waals surface area contributed by atoms with Gasteiger partial charge >= 0.3 is 5.97 Å². The third-order valence-electron chi connectivity index (χ3n) is 3.34. The fraction of sp³-hybridized carbons (Fsp3) is 0.412. The van der Waals surface area contributed by atoms with Crippen LogP contribution in [-0.2, 0) is 12.8 Å². The molecule has 0 fully saturated rings. The maximum atomic E-state index is 11.2. The van der Waals surface area contributed by atoms with E-state index in [1.165, 1.54) is 11.3 Å². The number of carbonyl (C=O) groups is 1. The number of rotatable bonds is 7. The number of hydrogen-bond donors (Lipinski definition) is 1. The molecule has 0 aliphatic carbocycles. The first-order valence-electron chi connectivity index (χ1n) is 7.43. The maximum Gasteiger partial charge on any atom is 0.347 e. The molecule has 0 bridgehead atoms. The van der Waals surface area contributed by atoms with Crippen molar-refractivity contribution in [2.75, 3.05) is 6.61 Å². The second-order valence-electron chi connectivity index (χ2n) is 5.31. The monoisotopic (exact) mass is 319 g/mol. The van der Waals surface area contributed by atoms with Crippen molar-refractivity contribution in [3.05, 3.63) is 44.9 Å². The highest BCUT2D eigenvalue weighted by molar-refractivity contribution is 7.13. The molecule has 2 rings (SSSR count). The van der Waals surface area contributed by atoms with Crippen LogP contribution in [0.15, 0.2) is 18.2 Å². The third kappa shape index (κ3) is 4.07.